The molecule has 0 aromatic heterocycles. The number of carboxylic acids is 1. The Hall–Kier alpha value is -1.79. The van der Waals surface area contributed by atoms with E-state index in [1.54, 1.807) is 11.9 Å². The Kier molecular flexibility index (Phi) is 5.03. The average Bonchev–Trinajstić information content (AvgIpc) is 3.04. The Morgan fingerprint density at radius 2 is 1.90 bits per heavy atom. The van der Waals surface area contributed by atoms with Crippen LogP contribution in [0.15, 0.2) is 0 Å². The second-order valence-corrected chi connectivity index (χ2v) is 6.14. The summed E-state index contributed by atoms with van der Waals surface area (Å²) in [7, 11) is 1.73. The molecule has 0 aromatic carbocycles. The zero-order valence-corrected chi connectivity index (χ0v) is 12.3. The first-order valence-corrected chi connectivity index (χ1v) is 7.43. The first kappa shape index (κ1) is 15.6. The lowest BCUT2D eigenvalue weighted by atomic mass is 9.88. The maximum atomic E-state index is 11.9. The van der Waals surface area contributed by atoms with Crippen molar-refractivity contribution in [2.24, 2.45) is 17.8 Å². The number of carbonyl (C=O) groups excluding carboxylic acids is 2. The van der Waals surface area contributed by atoms with Crippen molar-refractivity contribution in [1.82, 2.24) is 15.5 Å². The van der Waals surface area contributed by atoms with Crippen LogP contribution in [-0.2, 0) is 9.59 Å². The molecular weight excluding hydrogens is 274 g/mol. The number of hydrogen-bond acceptors (Lipinski definition) is 3. The molecule has 2 bridgehead atoms. The Labute approximate surface area is 124 Å². The zero-order chi connectivity index (χ0) is 15.4. The summed E-state index contributed by atoms with van der Waals surface area (Å²) >= 11 is 0. The molecule has 3 N–H and O–H groups in total. The SMILES string of the molecule is CN(CC1CC2CCC1C2)C(=O)NCC(=O)NCC(=O)O. The van der Waals surface area contributed by atoms with E-state index in [-0.39, 0.29) is 12.6 Å². The number of nitrogens with one attached hydrogen (secondary N) is 2. The predicted octanol–water partition coefficient (Wildman–Crippen LogP) is 0.265. The van der Waals surface area contributed by atoms with Crippen molar-refractivity contribution >= 4 is 17.9 Å². The van der Waals surface area contributed by atoms with Gasteiger partial charge in [0.25, 0.3) is 0 Å². The third-order valence-electron chi connectivity index (χ3n) is 4.58. The summed E-state index contributed by atoms with van der Waals surface area (Å²) in [5, 5.41) is 13.1. The van der Waals surface area contributed by atoms with Gasteiger partial charge in [0.1, 0.15) is 6.54 Å². The molecule has 118 valence electrons. The van der Waals surface area contributed by atoms with Crippen molar-refractivity contribution in [2.45, 2.75) is 25.7 Å². The Morgan fingerprint density at radius 1 is 1.14 bits per heavy atom. The highest BCUT2D eigenvalue weighted by Gasteiger charge is 2.40. The van der Waals surface area contributed by atoms with Crippen LogP contribution in [0.3, 0.4) is 0 Å². The Morgan fingerprint density at radius 3 is 2.48 bits per heavy atom. The number of fused-ring (bicyclic) bond motifs is 2. The highest BCUT2D eigenvalue weighted by atomic mass is 16.4. The molecule has 2 saturated carbocycles. The van der Waals surface area contributed by atoms with Gasteiger partial charge in [0, 0.05) is 13.6 Å². The standard InChI is InChI=1S/C14H23N3O4/c1-17(8-11-5-9-2-3-10(11)4-9)14(21)16-6-12(18)15-7-13(19)20/h9-11H,2-8H2,1H3,(H,15,18)(H,16,21)(H,19,20). The molecule has 0 heterocycles. The lowest BCUT2D eigenvalue weighted by molar-refractivity contribution is -0.137. The van der Waals surface area contributed by atoms with Crippen molar-refractivity contribution < 1.29 is 19.5 Å². The van der Waals surface area contributed by atoms with Crippen LogP contribution in [-0.4, -0.2) is 54.6 Å². The zero-order valence-electron chi connectivity index (χ0n) is 12.3. The summed E-state index contributed by atoms with van der Waals surface area (Å²) in [4.78, 5) is 35.1. The molecule has 2 aliphatic rings. The molecule has 3 atom stereocenters. The molecule has 3 unspecified atom stereocenters. The molecule has 0 radical (unpaired) electrons. The number of aliphatic carboxylic acids is 1. The van der Waals surface area contributed by atoms with Crippen LogP contribution in [0.25, 0.3) is 0 Å². The van der Waals surface area contributed by atoms with Crippen molar-refractivity contribution in [3.8, 4) is 0 Å². The summed E-state index contributed by atoms with van der Waals surface area (Å²) in [6, 6.07) is -0.289. The average molecular weight is 297 g/mol. The summed E-state index contributed by atoms with van der Waals surface area (Å²) in [6.45, 7) is 0.0899. The fourth-order valence-corrected chi connectivity index (χ4v) is 3.56. The Bertz CT molecular complexity index is 426. The third-order valence-corrected chi connectivity index (χ3v) is 4.58. The van der Waals surface area contributed by atoms with Crippen molar-refractivity contribution in [2.75, 3.05) is 26.7 Å². The number of amides is 3. The first-order chi connectivity index (χ1) is 9.95. The van der Waals surface area contributed by atoms with Crippen molar-refractivity contribution in [3.63, 3.8) is 0 Å². The van der Waals surface area contributed by atoms with E-state index in [0.717, 1.165) is 18.4 Å². The number of carbonyl (C=O) groups is 3. The summed E-state index contributed by atoms with van der Waals surface area (Å²) in [5.74, 6) is 0.574. The topological polar surface area (TPSA) is 98.7 Å². The van der Waals surface area contributed by atoms with Gasteiger partial charge in [0.05, 0.1) is 6.54 Å². The molecule has 7 heteroatoms. The molecule has 0 saturated heterocycles. The van der Waals surface area contributed by atoms with E-state index in [4.69, 9.17) is 5.11 Å². The van der Waals surface area contributed by atoms with Crippen LogP contribution < -0.4 is 10.6 Å². The molecule has 2 rings (SSSR count). The molecule has 0 aromatic rings. The van der Waals surface area contributed by atoms with Gasteiger partial charge in [-0.2, -0.15) is 0 Å². The van der Waals surface area contributed by atoms with Crippen LogP contribution in [0.2, 0.25) is 0 Å². The second kappa shape index (κ2) is 6.78. The molecule has 21 heavy (non-hydrogen) atoms. The van der Waals surface area contributed by atoms with Gasteiger partial charge in [0.15, 0.2) is 0 Å². The largest absolute Gasteiger partial charge is 0.480 e. The van der Waals surface area contributed by atoms with Crippen LogP contribution in [0.1, 0.15) is 25.7 Å². The van der Waals surface area contributed by atoms with Gasteiger partial charge >= 0.3 is 12.0 Å². The quantitative estimate of drug-likeness (QED) is 0.655. The van der Waals surface area contributed by atoms with Gasteiger partial charge in [-0.1, -0.05) is 6.42 Å². The van der Waals surface area contributed by atoms with Crippen LogP contribution >= 0.6 is 0 Å². The van der Waals surface area contributed by atoms with E-state index in [1.165, 1.54) is 25.7 Å². The van der Waals surface area contributed by atoms with Crippen LogP contribution in [0, 0.1) is 17.8 Å². The van der Waals surface area contributed by atoms with Gasteiger partial charge < -0.3 is 20.6 Å². The van der Waals surface area contributed by atoms with Gasteiger partial charge in [-0.05, 0) is 37.0 Å². The highest BCUT2D eigenvalue weighted by molar-refractivity contribution is 5.86. The molecule has 0 spiro atoms. The normalized spacial score (nSPS) is 26.4. The minimum atomic E-state index is -1.11. The third kappa shape index (κ3) is 4.34. The number of urea groups is 1. The summed E-state index contributed by atoms with van der Waals surface area (Å²) < 4.78 is 0. The molecule has 3 amide bonds. The van der Waals surface area contributed by atoms with E-state index in [0.29, 0.717) is 5.92 Å². The van der Waals surface area contributed by atoms with Gasteiger partial charge in [-0.25, -0.2) is 4.79 Å². The second-order valence-electron chi connectivity index (χ2n) is 6.14. The smallest absolute Gasteiger partial charge is 0.322 e. The maximum absolute atomic E-state index is 11.9. The van der Waals surface area contributed by atoms with E-state index < -0.39 is 18.4 Å². The van der Waals surface area contributed by atoms with Crippen molar-refractivity contribution in [3.05, 3.63) is 0 Å². The number of carboxylic acid groups (broad SMARTS) is 1. The van der Waals surface area contributed by atoms with Crippen LogP contribution in [0.4, 0.5) is 4.79 Å². The molecule has 2 aliphatic carbocycles. The lowest BCUT2D eigenvalue weighted by Gasteiger charge is -2.27. The molecule has 2 fully saturated rings. The summed E-state index contributed by atoms with van der Waals surface area (Å²) in [6.07, 6.45) is 5.13. The minimum absolute atomic E-state index is 0.201. The number of hydrogen-bond donors (Lipinski definition) is 3. The van der Waals surface area contributed by atoms with Crippen molar-refractivity contribution in [1.29, 1.82) is 0 Å². The fraction of sp³-hybridized carbons (Fsp3) is 0.786. The molecular formula is C14H23N3O4. The monoisotopic (exact) mass is 297 g/mol. The lowest BCUT2D eigenvalue weighted by Crippen LogP contribution is -2.45. The van der Waals surface area contributed by atoms with Crippen LogP contribution in [0.5, 0.6) is 0 Å². The van der Waals surface area contributed by atoms with E-state index in [9.17, 15) is 14.4 Å². The fourth-order valence-electron chi connectivity index (χ4n) is 3.56. The molecule has 0 aliphatic heterocycles. The van der Waals surface area contributed by atoms with E-state index in [1.807, 2.05) is 0 Å². The maximum Gasteiger partial charge on any atom is 0.322 e. The molecule has 7 nitrogen and oxygen atoms in total. The Balaban J connectivity index is 1.65. The first-order valence-electron chi connectivity index (χ1n) is 7.43. The van der Waals surface area contributed by atoms with E-state index in [2.05, 4.69) is 10.6 Å². The van der Waals surface area contributed by atoms with Gasteiger partial charge in [-0.15, -0.1) is 0 Å². The highest BCUT2D eigenvalue weighted by Crippen LogP contribution is 2.48. The number of nitrogens with zero attached hydrogens (tertiary/aromatic N) is 1. The van der Waals surface area contributed by atoms with E-state index >= 15 is 0 Å². The summed E-state index contributed by atoms with van der Waals surface area (Å²) in [5.41, 5.74) is 0. The number of rotatable bonds is 6. The van der Waals surface area contributed by atoms with Gasteiger partial charge in [-0.3, -0.25) is 9.59 Å². The van der Waals surface area contributed by atoms with Gasteiger partial charge in [0.2, 0.25) is 5.91 Å². The minimum Gasteiger partial charge on any atom is -0.480 e. The predicted molar refractivity (Wildman–Crippen MR) is 75.6 cm³/mol.